The van der Waals surface area contributed by atoms with Gasteiger partial charge in [0.2, 0.25) is 0 Å². The molecule has 2 N–H and O–H groups in total. The molecule has 0 spiro atoms. The van der Waals surface area contributed by atoms with E-state index in [4.69, 9.17) is 17.3 Å². The Labute approximate surface area is 132 Å². The summed E-state index contributed by atoms with van der Waals surface area (Å²) in [5.41, 5.74) is 9.70. The summed E-state index contributed by atoms with van der Waals surface area (Å²) in [5, 5.41) is 1.65. The molecule has 0 radical (unpaired) electrons. The highest BCUT2D eigenvalue weighted by molar-refractivity contribution is 7.98. The van der Waals surface area contributed by atoms with Crippen LogP contribution in [0, 0.1) is 6.92 Å². The van der Waals surface area contributed by atoms with Crippen LogP contribution in [0.2, 0.25) is 5.15 Å². The molecule has 0 unspecified atom stereocenters. The van der Waals surface area contributed by atoms with E-state index >= 15 is 0 Å². The van der Waals surface area contributed by atoms with E-state index in [0.29, 0.717) is 10.8 Å². The lowest BCUT2D eigenvalue weighted by Crippen LogP contribution is -1.92. The highest BCUT2D eigenvalue weighted by atomic mass is 35.5. The van der Waals surface area contributed by atoms with E-state index in [1.54, 1.807) is 24.2 Å². The predicted molar refractivity (Wildman–Crippen MR) is 89.7 cm³/mol. The third-order valence-electron chi connectivity index (χ3n) is 3.19. The topological polar surface area (TPSA) is 51.8 Å². The van der Waals surface area contributed by atoms with Crippen LogP contribution < -0.4 is 5.73 Å². The summed E-state index contributed by atoms with van der Waals surface area (Å²) in [6, 6.07) is 10.2. The minimum Gasteiger partial charge on any atom is -0.397 e. The number of hydrogen-bond donors (Lipinski definition) is 1. The first-order chi connectivity index (χ1) is 10.1. The average Bonchev–Trinajstić information content (AvgIpc) is 2.46. The fourth-order valence-corrected chi connectivity index (χ4v) is 3.28. The van der Waals surface area contributed by atoms with Crippen molar-refractivity contribution >= 4 is 40.0 Å². The zero-order valence-electron chi connectivity index (χ0n) is 11.5. The summed E-state index contributed by atoms with van der Waals surface area (Å²) in [6.07, 6.45) is 3.40. The Hall–Kier alpha value is -1.78. The lowest BCUT2D eigenvalue weighted by Gasteiger charge is -2.08. The molecule has 2 heterocycles. The molecule has 0 fully saturated rings. The number of nitrogens with zero attached hydrogens (tertiary/aromatic N) is 2. The Morgan fingerprint density at radius 2 is 2.10 bits per heavy atom. The lowest BCUT2D eigenvalue weighted by molar-refractivity contribution is 1.26. The molecule has 0 amide bonds. The third-order valence-corrected chi connectivity index (χ3v) is 4.66. The Morgan fingerprint density at radius 1 is 1.24 bits per heavy atom. The number of nitrogen functional groups attached to an aromatic ring is 1. The van der Waals surface area contributed by atoms with Gasteiger partial charge in [-0.1, -0.05) is 23.7 Å². The largest absolute Gasteiger partial charge is 0.397 e. The molecule has 0 saturated carbocycles. The number of benzene rings is 1. The van der Waals surface area contributed by atoms with Crippen molar-refractivity contribution in [2.75, 3.05) is 5.73 Å². The smallest absolute Gasteiger partial charge is 0.133 e. The number of fused-ring (bicyclic) bond motifs is 1. The van der Waals surface area contributed by atoms with Crippen LogP contribution in [-0.2, 0) is 5.75 Å². The van der Waals surface area contributed by atoms with E-state index in [9.17, 15) is 0 Å². The van der Waals surface area contributed by atoms with Gasteiger partial charge in [-0.05, 0) is 30.7 Å². The summed E-state index contributed by atoms with van der Waals surface area (Å²) >= 11 is 7.93. The molecule has 0 saturated heterocycles. The first kappa shape index (κ1) is 14.2. The predicted octanol–water partition coefficient (Wildman–Crippen LogP) is 4.47. The van der Waals surface area contributed by atoms with Crippen molar-refractivity contribution in [3.05, 3.63) is 59.0 Å². The van der Waals surface area contributed by atoms with E-state index in [2.05, 4.69) is 28.2 Å². The molecule has 2 aromatic heterocycles. The highest BCUT2D eigenvalue weighted by Gasteiger charge is 2.07. The van der Waals surface area contributed by atoms with Crippen molar-refractivity contribution in [2.24, 2.45) is 0 Å². The SMILES string of the molecule is Cc1ccc2cc(CSc3ccncc3N)c(Cl)nc2c1. The van der Waals surface area contributed by atoms with Gasteiger partial charge in [0.15, 0.2) is 0 Å². The van der Waals surface area contributed by atoms with Crippen molar-refractivity contribution in [1.29, 1.82) is 0 Å². The molecule has 5 heteroatoms. The Bertz CT molecular complexity index is 805. The Balaban J connectivity index is 1.89. The molecular weight excluding hydrogens is 302 g/mol. The van der Waals surface area contributed by atoms with Gasteiger partial charge in [-0.3, -0.25) is 4.98 Å². The van der Waals surface area contributed by atoms with Crippen molar-refractivity contribution < 1.29 is 0 Å². The average molecular weight is 316 g/mol. The van der Waals surface area contributed by atoms with Crippen molar-refractivity contribution in [3.8, 4) is 0 Å². The van der Waals surface area contributed by atoms with E-state index in [0.717, 1.165) is 27.1 Å². The minimum atomic E-state index is 0.549. The number of aryl methyl sites for hydroxylation is 1. The molecule has 3 aromatic rings. The fourth-order valence-electron chi connectivity index (χ4n) is 2.08. The maximum atomic E-state index is 6.29. The van der Waals surface area contributed by atoms with Gasteiger partial charge in [0.1, 0.15) is 5.15 Å². The molecule has 0 bridgehead atoms. The molecule has 3 rings (SSSR count). The second kappa shape index (κ2) is 5.92. The number of thioether (sulfide) groups is 1. The minimum absolute atomic E-state index is 0.549. The molecule has 0 atom stereocenters. The van der Waals surface area contributed by atoms with Crippen LogP contribution in [0.4, 0.5) is 5.69 Å². The lowest BCUT2D eigenvalue weighted by atomic mass is 10.1. The zero-order chi connectivity index (χ0) is 14.8. The van der Waals surface area contributed by atoms with Gasteiger partial charge in [0.25, 0.3) is 0 Å². The molecule has 106 valence electrons. The van der Waals surface area contributed by atoms with Gasteiger partial charge < -0.3 is 5.73 Å². The van der Waals surface area contributed by atoms with Crippen LogP contribution in [0.5, 0.6) is 0 Å². The van der Waals surface area contributed by atoms with E-state index < -0.39 is 0 Å². The quantitative estimate of drug-likeness (QED) is 0.572. The van der Waals surface area contributed by atoms with Crippen LogP contribution >= 0.6 is 23.4 Å². The van der Waals surface area contributed by atoms with Crippen LogP contribution in [0.25, 0.3) is 10.9 Å². The number of pyridine rings is 2. The summed E-state index contributed by atoms with van der Waals surface area (Å²) in [7, 11) is 0. The summed E-state index contributed by atoms with van der Waals surface area (Å²) in [4.78, 5) is 9.47. The van der Waals surface area contributed by atoms with Gasteiger partial charge in [-0.25, -0.2) is 4.98 Å². The molecule has 0 aliphatic carbocycles. The number of aromatic nitrogens is 2. The molecule has 1 aromatic carbocycles. The first-order valence-electron chi connectivity index (χ1n) is 6.51. The van der Waals surface area contributed by atoms with Crippen molar-refractivity contribution in [2.45, 2.75) is 17.6 Å². The van der Waals surface area contributed by atoms with Crippen LogP contribution in [-0.4, -0.2) is 9.97 Å². The number of rotatable bonds is 3. The molecular formula is C16H14ClN3S. The molecule has 21 heavy (non-hydrogen) atoms. The van der Waals surface area contributed by atoms with Gasteiger partial charge in [0, 0.05) is 27.8 Å². The van der Waals surface area contributed by atoms with E-state index in [1.807, 2.05) is 19.1 Å². The molecule has 3 nitrogen and oxygen atoms in total. The Morgan fingerprint density at radius 3 is 2.90 bits per heavy atom. The van der Waals surface area contributed by atoms with Gasteiger partial charge >= 0.3 is 0 Å². The van der Waals surface area contributed by atoms with Gasteiger partial charge in [0.05, 0.1) is 17.4 Å². The maximum absolute atomic E-state index is 6.29. The summed E-state index contributed by atoms with van der Waals surface area (Å²) in [5.74, 6) is 0.726. The van der Waals surface area contributed by atoms with E-state index in [1.165, 1.54) is 5.56 Å². The molecule has 0 aliphatic heterocycles. The van der Waals surface area contributed by atoms with E-state index in [-0.39, 0.29) is 0 Å². The van der Waals surface area contributed by atoms with Crippen molar-refractivity contribution in [3.63, 3.8) is 0 Å². The zero-order valence-corrected chi connectivity index (χ0v) is 13.1. The van der Waals surface area contributed by atoms with Crippen molar-refractivity contribution in [1.82, 2.24) is 9.97 Å². The third kappa shape index (κ3) is 3.12. The van der Waals surface area contributed by atoms with Gasteiger partial charge in [-0.2, -0.15) is 0 Å². The number of hydrogen-bond acceptors (Lipinski definition) is 4. The van der Waals surface area contributed by atoms with Gasteiger partial charge in [-0.15, -0.1) is 11.8 Å². The van der Waals surface area contributed by atoms with Crippen LogP contribution in [0.1, 0.15) is 11.1 Å². The van der Waals surface area contributed by atoms with Crippen LogP contribution in [0.3, 0.4) is 0 Å². The van der Waals surface area contributed by atoms with Crippen LogP contribution in [0.15, 0.2) is 47.6 Å². The molecule has 0 aliphatic rings. The monoisotopic (exact) mass is 315 g/mol. The highest BCUT2D eigenvalue weighted by Crippen LogP contribution is 2.30. The number of anilines is 1. The second-order valence-corrected chi connectivity index (χ2v) is 6.21. The fraction of sp³-hybridized carbons (Fsp3) is 0.125. The standard InChI is InChI=1S/C16H14ClN3S/c1-10-2-3-11-7-12(16(17)20-14(11)6-10)9-21-15-4-5-19-8-13(15)18/h2-8H,9,18H2,1H3. The maximum Gasteiger partial charge on any atom is 0.133 e. The summed E-state index contributed by atoms with van der Waals surface area (Å²) < 4.78 is 0. The normalized spacial score (nSPS) is 11.0. The number of halogens is 1. The first-order valence-corrected chi connectivity index (χ1v) is 7.88. The number of nitrogens with two attached hydrogens (primary N) is 1. The summed E-state index contributed by atoms with van der Waals surface area (Å²) in [6.45, 7) is 2.05. The Kier molecular flexibility index (Phi) is 3.99. The second-order valence-electron chi connectivity index (χ2n) is 4.84.